The highest BCUT2D eigenvalue weighted by Crippen LogP contribution is 2.22. The summed E-state index contributed by atoms with van der Waals surface area (Å²) in [4.78, 5) is 11.7. The van der Waals surface area contributed by atoms with Crippen molar-refractivity contribution in [3.05, 3.63) is 11.8 Å². The molecule has 1 saturated carbocycles. The van der Waals surface area contributed by atoms with Gasteiger partial charge in [-0.3, -0.25) is 9.89 Å². The molecule has 0 atom stereocenters. The molecule has 0 bridgehead atoms. The number of carbonyl (C=O) groups is 1. The molecular formula is C11H18N4O. The van der Waals surface area contributed by atoms with Crippen LogP contribution in [-0.2, 0) is 0 Å². The average molecular weight is 222 g/mol. The number of nitrogen functional groups attached to an aromatic ring is 1. The minimum Gasteiger partial charge on any atom is -0.382 e. The monoisotopic (exact) mass is 222 g/mol. The molecular weight excluding hydrogens is 204 g/mol. The van der Waals surface area contributed by atoms with Gasteiger partial charge in [-0.05, 0) is 18.8 Å². The van der Waals surface area contributed by atoms with Gasteiger partial charge in [0, 0.05) is 12.6 Å². The third-order valence-corrected chi connectivity index (χ3v) is 3.12. The number of hydrogen-bond acceptors (Lipinski definition) is 3. The zero-order valence-corrected chi connectivity index (χ0v) is 9.33. The van der Waals surface area contributed by atoms with E-state index < -0.39 is 0 Å². The number of amides is 1. The predicted molar refractivity (Wildman–Crippen MR) is 61.9 cm³/mol. The Morgan fingerprint density at radius 1 is 1.50 bits per heavy atom. The second-order valence-electron chi connectivity index (χ2n) is 4.42. The minimum atomic E-state index is -0.116. The van der Waals surface area contributed by atoms with Crippen molar-refractivity contribution in [1.82, 2.24) is 15.5 Å². The number of nitrogens with two attached hydrogens (primary N) is 1. The summed E-state index contributed by atoms with van der Waals surface area (Å²) < 4.78 is 0. The summed E-state index contributed by atoms with van der Waals surface area (Å²) in [7, 11) is 0. The van der Waals surface area contributed by atoms with Crippen LogP contribution < -0.4 is 11.1 Å². The number of anilines is 1. The van der Waals surface area contributed by atoms with E-state index in [-0.39, 0.29) is 5.91 Å². The molecule has 1 amide bonds. The Hall–Kier alpha value is -1.52. The van der Waals surface area contributed by atoms with E-state index in [1.54, 1.807) is 6.07 Å². The molecule has 2 rings (SSSR count). The molecule has 0 unspecified atom stereocenters. The lowest BCUT2D eigenvalue weighted by Gasteiger charge is -2.21. The number of hydrogen-bond donors (Lipinski definition) is 3. The molecule has 5 nitrogen and oxygen atoms in total. The van der Waals surface area contributed by atoms with Crippen LogP contribution in [0.25, 0.3) is 0 Å². The number of H-pyrrole nitrogens is 1. The Morgan fingerprint density at radius 2 is 2.25 bits per heavy atom. The van der Waals surface area contributed by atoms with Crippen LogP contribution in [0.3, 0.4) is 0 Å². The van der Waals surface area contributed by atoms with Gasteiger partial charge in [0.25, 0.3) is 5.91 Å². The van der Waals surface area contributed by atoms with Crippen LogP contribution in [0.2, 0.25) is 0 Å². The van der Waals surface area contributed by atoms with Crippen molar-refractivity contribution in [2.24, 2.45) is 5.92 Å². The molecule has 0 spiro atoms. The molecule has 4 N–H and O–H groups in total. The molecule has 1 aromatic rings. The molecule has 0 aromatic carbocycles. The van der Waals surface area contributed by atoms with E-state index in [1.807, 2.05) is 0 Å². The van der Waals surface area contributed by atoms with Gasteiger partial charge in [0.2, 0.25) is 0 Å². The first-order valence-electron chi connectivity index (χ1n) is 5.85. The SMILES string of the molecule is Nc1cc(C(=O)NCC2CCCCC2)[nH]n1. The van der Waals surface area contributed by atoms with Gasteiger partial charge in [-0.2, -0.15) is 5.10 Å². The maximum absolute atomic E-state index is 11.7. The topological polar surface area (TPSA) is 83.8 Å². The third-order valence-electron chi connectivity index (χ3n) is 3.12. The zero-order chi connectivity index (χ0) is 11.4. The van der Waals surface area contributed by atoms with Crippen molar-refractivity contribution in [3.8, 4) is 0 Å². The summed E-state index contributed by atoms with van der Waals surface area (Å²) >= 11 is 0. The molecule has 1 aliphatic rings. The third kappa shape index (κ3) is 2.74. The fourth-order valence-electron chi connectivity index (χ4n) is 2.18. The van der Waals surface area contributed by atoms with Crippen LogP contribution >= 0.6 is 0 Å². The first-order valence-corrected chi connectivity index (χ1v) is 5.85. The van der Waals surface area contributed by atoms with E-state index >= 15 is 0 Å². The van der Waals surface area contributed by atoms with Crippen molar-refractivity contribution in [1.29, 1.82) is 0 Å². The van der Waals surface area contributed by atoms with Crippen LogP contribution in [0.15, 0.2) is 6.07 Å². The van der Waals surface area contributed by atoms with Crippen LogP contribution in [0, 0.1) is 5.92 Å². The largest absolute Gasteiger partial charge is 0.382 e. The number of aromatic nitrogens is 2. The summed E-state index contributed by atoms with van der Waals surface area (Å²) in [5.74, 6) is 0.871. The quantitative estimate of drug-likeness (QED) is 0.720. The molecule has 5 heteroatoms. The highest BCUT2D eigenvalue weighted by Gasteiger charge is 2.15. The summed E-state index contributed by atoms with van der Waals surface area (Å²) in [6, 6.07) is 1.55. The standard InChI is InChI=1S/C11H18N4O/c12-10-6-9(14-15-10)11(16)13-7-8-4-2-1-3-5-8/h6,8H,1-5,7H2,(H,13,16)(H3,12,14,15). The maximum atomic E-state index is 11.7. The number of nitrogens with zero attached hydrogens (tertiary/aromatic N) is 1. The highest BCUT2D eigenvalue weighted by atomic mass is 16.1. The molecule has 1 aliphatic carbocycles. The van der Waals surface area contributed by atoms with Gasteiger partial charge in [0.15, 0.2) is 0 Å². The smallest absolute Gasteiger partial charge is 0.269 e. The molecule has 0 radical (unpaired) electrons. The fourth-order valence-corrected chi connectivity index (χ4v) is 2.18. The van der Waals surface area contributed by atoms with Crippen molar-refractivity contribution >= 4 is 11.7 Å². The first kappa shape index (κ1) is 11.0. The lowest BCUT2D eigenvalue weighted by Crippen LogP contribution is -2.30. The number of aromatic amines is 1. The number of rotatable bonds is 3. The van der Waals surface area contributed by atoms with Crippen LogP contribution in [0.4, 0.5) is 5.82 Å². The number of carbonyl (C=O) groups excluding carboxylic acids is 1. The van der Waals surface area contributed by atoms with Gasteiger partial charge < -0.3 is 11.1 Å². The summed E-state index contributed by atoms with van der Waals surface area (Å²) in [6.45, 7) is 0.762. The van der Waals surface area contributed by atoms with Gasteiger partial charge in [-0.1, -0.05) is 19.3 Å². The maximum Gasteiger partial charge on any atom is 0.269 e. The van der Waals surface area contributed by atoms with Crippen LogP contribution in [0.1, 0.15) is 42.6 Å². The van der Waals surface area contributed by atoms with E-state index in [0.29, 0.717) is 17.4 Å². The van der Waals surface area contributed by atoms with Crippen molar-refractivity contribution in [2.75, 3.05) is 12.3 Å². The lowest BCUT2D eigenvalue weighted by molar-refractivity contribution is 0.0938. The molecule has 1 aromatic heterocycles. The van der Waals surface area contributed by atoms with Crippen LogP contribution in [-0.4, -0.2) is 22.6 Å². The molecule has 1 fully saturated rings. The Kier molecular flexibility index (Phi) is 3.44. The van der Waals surface area contributed by atoms with Gasteiger partial charge in [0.05, 0.1) is 0 Å². The summed E-state index contributed by atoms with van der Waals surface area (Å²) in [6.07, 6.45) is 6.37. The molecule has 16 heavy (non-hydrogen) atoms. The van der Waals surface area contributed by atoms with Gasteiger partial charge in [-0.15, -0.1) is 0 Å². The van der Waals surface area contributed by atoms with Crippen LogP contribution in [0.5, 0.6) is 0 Å². The lowest BCUT2D eigenvalue weighted by atomic mass is 9.89. The van der Waals surface area contributed by atoms with Gasteiger partial charge in [0.1, 0.15) is 11.5 Å². The summed E-state index contributed by atoms with van der Waals surface area (Å²) in [5, 5.41) is 9.25. The Balaban J connectivity index is 1.79. The van der Waals surface area contributed by atoms with E-state index in [0.717, 1.165) is 6.54 Å². The van der Waals surface area contributed by atoms with Gasteiger partial charge in [-0.25, -0.2) is 0 Å². The predicted octanol–water partition coefficient (Wildman–Crippen LogP) is 1.30. The van der Waals surface area contributed by atoms with Gasteiger partial charge >= 0.3 is 0 Å². The van der Waals surface area contributed by atoms with Crippen molar-refractivity contribution in [3.63, 3.8) is 0 Å². The summed E-state index contributed by atoms with van der Waals surface area (Å²) in [5.41, 5.74) is 5.87. The second-order valence-corrected chi connectivity index (χ2v) is 4.42. The Bertz CT molecular complexity index is 355. The molecule has 0 saturated heterocycles. The highest BCUT2D eigenvalue weighted by molar-refractivity contribution is 5.92. The van der Waals surface area contributed by atoms with Crippen molar-refractivity contribution < 1.29 is 4.79 Å². The van der Waals surface area contributed by atoms with Crippen molar-refractivity contribution in [2.45, 2.75) is 32.1 Å². The molecule has 1 heterocycles. The average Bonchev–Trinajstić information content (AvgIpc) is 2.74. The zero-order valence-electron chi connectivity index (χ0n) is 9.33. The Labute approximate surface area is 94.8 Å². The van der Waals surface area contributed by atoms with E-state index in [1.165, 1.54) is 32.1 Å². The first-order chi connectivity index (χ1) is 7.75. The van der Waals surface area contributed by atoms with E-state index in [9.17, 15) is 4.79 Å². The molecule has 0 aliphatic heterocycles. The normalized spacial score (nSPS) is 17.2. The van der Waals surface area contributed by atoms with E-state index in [2.05, 4.69) is 15.5 Å². The second kappa shape index (κ2) is 5.01. The minimum absolute atomic E-state index is 0.116. The number of nitrogens with one attached hydrogen (secondary N) is 2. The fraction of sp³-hybridized carbons (Fsp3) is 0.636. The van der Waals surface area contributed by atoms with E-state index in [4.69, 9.17) is 5.73 Å². The Morgan fingerprint density at radius 3 is 2.88 bits per heavy atom. The molecule has 88 valence electrons.